The van der Waals surface area contributed by atoms with Crippen LogP contribution >= 0.6 is 15.9 Å². The molecule has 29 heavy (non-hydrogen) atoms. The van der Waals surface area contributed by atoms with E-state index in [-0.39, 0.29) is 5.91 Å². The number of fused-ring (bicyclic) bond motifs is 2. The van der Waals surface area contributed by atoms with E-state index >= 15 is 0 Å². The molecule has 2 aliphatic rings. The zero-order valence-electron chi connectivity index (χ0n) is 17.0. The second-order valence-corrected chi connectivity index (χ2v) is 8.75. The lowest BCUT2D eigenvalue weighted by molar-refractivity contribution is -0.180. The van der Waals surface area contributed by atoms with Crippen molar-refractivity contribution in [3.8, 4) is 5.75 Å². The molecule has 1 fully saturated rings. The van der Waals surface area contributed by atoms with Gasteiger partial charge in [0, 0.05) is 16.6 Å². The number of hydrogen-bond donors (Lipinski definition) is 0. The number of aryl methyl sites for hydroxylation is 1. The molecule has 0 aromatic heterocycles. The normalized spacial score (nSPS) is 17.4. The number of carbonyl (C=O) groups excluding carboxylic acids is 1. The first-order valence-electron chi connectivity index (χ1n) is 10.1. The number of amides is 1. The Morgan fingerprint density at radius 3 is 2.66 bits per heavy atom. The summed E-state index contributed by atoms with van der Waals surface area (Å²) < 4.78 is 18.6. The van der Waals surface area contributed by atoms with Crippen LogP contribution < -0.4 is 9.64 Å². The maximum absolute atomic E-state index is 13.2. The van der Waals surface area contributed by atoms with E-state index in [0.717, 1.165) is 21.5 Å². The Morgan fingerprint density at radius 2 is 1.93 bits per heavy atom. The minimum atomic E-state index is -1.29. The molecular formula is C23H26BrNO4. The quantitative estimate of drug-likeness (QED) is 0.576. The third kappa shape index (κ3) is 3.69. The van der Waals surface area contributed by atoms with Crippen molar-refractivity contribution in [1.82, 2.24) is 0 Å². The Morgan fingerprint density at radius 1 is 1.17 bits per heavy atom. The number of nitrogens with zero attached hydrogens (tertiary/aromatic N) is 1. The molecule has 4 rings (SSSR count). The number of anilines is 1. The van der Waals surface area contributed by atoms with E-state index in [1.54, 1.807) is 4.90 Å². The standard InChI is InChI=1S/C23H26BrNO4/c1-15(2)18-7-5-16(3)13-21(18)27-10-4-9-25-20-8-6-17(24)14-19(20)23(22(25)26)28-11-12-29-23/h5-8,13-15H,4,9-12H2,1-3H3. The van der Waals surface area contributed by atoms with E-state index in [0.29, 0.717) is 38.7 Å². The van der Waals surface area contributed by atoms with Gasteiger partial charge in [-0.1, -0.05) is 41.9 Å². The van der Waals surface area contributed by atoms with Crippen LogP contribution in [0.2, 0.25) is 0 Å². The summed E-state index contributed by atoms with van der Waals surface area (Å²) in [6.45, 7) is 8.31. The van der Waals surface area contributed by atoms with Crippen LogP contribution in [0.4, 0.5) is 5.69 Å². The highest BCUT2D eigenvalue weighted by molar-refractivity contribution is 9.10. The number of ether oxygens (including phenoxy) is 3. The first-order valence-corrected chi connectivity index (χ1v) is 10.8. The number of rotatable bonds is 6. The van der Waals surface area contributed by atoms with Gasteiger partial charge in [0.1, 0.15) is 5.75 Å². The highest BCUT2D eigenvalue weighted by atomic mass is 79.9. The maximum Gasteiger partial charge on any atom is 0.292 e. The van der Waals surface area contributed by atoms with E-state index in [1.807, 2.05) is 18.2 Å². The summed E-state index contributed by atoms with van der Waals surface area (Å²) in [6, 6.07) is 12.1. The Kier molecular flexibility index (Phi) is 5.69. The molecule has 1 saturated heterocycles. The molecule has 0 atom stereocenters. The predicted octanol–water partition coefficient (Wildman–Crippen LogP) is 4.90. The van der Waals surface area contributed by atoms with E-state index in [1.165, 1.54) is 11.1 Å². The van der Waals surface area contributed by atoms with Gasteiger partial charge >= 0.3 is 0 Å². The molecule has 2 aromatic rings. The molecule has 0 saturated carbocycles. The molecule has 0 N–H and O–H groups in total. The molecule has 0 bridgehead atoms. The van der Waals surface area contributed by atoms with Gasteiger partial charge in [-0.25, -0.2) is 0 Å². The van der Waals surface area contributed by atoms with Gasteiger partial charge in [0.25, 0.3) is 11.7 Å². The zero-order chi connectivity index (χ0) is 20.6. The second kappa shape index (κ2) is 8.09. The summed E-state index contributed by atoms with van der Waals surface area (Å²) in [4.78, 5) is 14.9. The van der Waals surface area contributed by atoms with Crippen LogP contribution in [-0.2, 0) is 20.1 Å². The van der Waals surface area contributed by atoms with Gasteiger partial charge in [0.2, 0.25) is 0 Å². The maximum atomic E-state index is 13.2. The highest BCUT2D eigenvalue weighted by Crippen LogP contribution is 2.46. The molecule has 0 radical (unpaired) electrons. The van der Waals surface area contributed by atoms with Gasteiger partial charge in [-0.2, -0.15) is 0 Å². The third-order valence-corrected chi connectivity index (χ3v) is 5.89. The fourth-order valence-electron chi connectivity index (χ4n) is 3.97. The van der Waals surface area contributed by atoms with E-state index in [9.17, 15) is 4.79 Å². The van der Waals surface area contributed by atoms with Crippen LogP contribution in [0, 0.1) is 6.92 Å². The SMILES string of the molecule is Cc1ccc(C(C)C)c(OCCCN2C(=O)C3(OCCO3)c3cc(Br)ccc32)c1. The highest BCUT2D eigenvalue weighted by Gasteiger charge is 2.55. The largest absolute Gasteiger partial charge is 0.493 e. The minimum Gasteiger partial charge on any atom is -0.493 e. The van der Waals surface area contributed by atoms with Gasteiger partial charge < -0.3 is 19.1 Å². The number of halogens is 1. The van der Waals surface area contributed by atoms with Crippen LogP contribution in [0.25, 0.3) is 0 Å². The Balaban J connectivity index is 1.46. The number of carbonyl (C=O) groups is 1. The molecule has 2 aliphatic heterocycles. The Hall–Kier alpha value is -1.89. The lowest BCUT2D eigenvalue weighted by Crippen LogP contribution is -2.41. The average Bonchev–Trinajstić information content (AvgIpc) is 3.26. The Labute approximate surface area is 180 Å². The summed E-state index contributed by atoms with van der Waals surface area (Å²) >= 11 is 3.49. The van der Waals surface area contributed by atoms with Crippen LogP contribution in [0.1, 0.15) is 42.9 Å². The zero-order valence-corrected chi connectivity index (χ0v) is 18.6. The molecule has 1 spiro atoms. The molecule has 2 aromatic carbocycles. The third-order valence-electron chi connectivity index (χ3n) is 5.40. The van der Waals surface area contributed by atoms with Crippen molar-refractivity contribution in [1.29, 1.82) is 0 Å². The molecule has 2 heterocycles. The summed E-state index contributed by atoms with van der Waals surface area (Å²) in [6.07, 6.45) is 0.711. The van der Waals surface area contributed by atoms with Crippen LogP contribution in [0.15, 0.2) is 40.9 Å². The van der Waals surface area contributed by atoms with Gasteiger partial charge in [-0.05, 0) is 54.7 Å². The molecule has 6 heteroatoms. The number of hydrogen-bond acceptors (Lipinski definition) is 4. The van der Waals surface area contributed by atoms with E-state index in [2.05, 4.69) is 54.9 Å². The monoisotopic (exact) mass is 459 g/mol. The summed E-state index contributed by atoms with van der Waals surface area (Å²) in [5.74, 6) is -0.119. The molecule has 0 aliphatic carbocycles. The average molecular weight is 460 g/mol. The van der Waals surface area contributed by atoms with Crippen molar-refractivity contribution < 1.29 is 19.0 Å². The first kappa shape index (κ1) is 20.4. The molecule has 0 unspecified atom stereocenters. The smallest absolute Gasteiger partial charge is 0.292 e. The van der Waals surface area contributed by atoms with Crippen molar-refractivity contribution in [2.45, 2.75) is 38.9 Å². The summed E-state index contributed by atoms with van der Waals surface area (Å²) in [5.41, 5.74) is 4.00. The van der Waals surface area contributed by atoms with Crippen LogP contribution in [-0.4, -0.2) is 32.3 Å². The van der Waals surface area contributed by atoms with Gasteiger partial charge in [0.15, 0.2) is 0 Å². The van der Waals surface area contributed by atoms with Crippen molar-refractivity contribution in [3.05, 3.63) is 57.6 Å². The van der Waals surface area contributed by atoms with Crippen molar-refractivity contribution >= 4 is 27.5 Å². The van der Waals surface area contributed by atoms with Crippen LogP contribution in [0.5, 0.6) is 5.75 Å². The molecular weight excluding hydrogens is 434 g/mol. The fraction of sp³-hybridized carbons (Fsp3) is 0.435. The molecule has 154 valence electrons. The first-order chi connectivity index (χ1) is 13.9. The Bertz CT molecular complexity index is 921. The molecule has 5 nitrogen and oxygen atoms in total. The van der Waals surface area contributed by atoms with E-state index in [4.69, 9.17) is 14.2 Å². The van der Waals surface area contributed by atoms with Gasteiger partial charge in [0.05, 0.1) is 25.5 Å². The lowest BCUT2D eigenvalue weighted by Gasteiger charge is -2.22. The summed E-state index contributed by atoms with van der Waals surface area (Å²) in [5, 5.41) is 0. The molecule has 1 amide bonds. The van der Waals surface area contributed by atoms with Crippen molar-refractivity contribution in [3.63, 3.8) is 0 Å². The number of benzene rings is 2. The minimum absolute atomic E-state index is 0.151. The lowest BCUT2D eigenvalue weighted by atomic mass is 10.0. The van der Waals surface area contributed by atoms with Gasteiger partial charge in [-0.15, -0.1) is 0 Å². The van der Waals surface area contributed by atoms with Crippen molar-refractivity contribution in [2.24, 2.45) is 0 Å². The van der Waals surface area contributed by atoms with Crippen molar-refractivity contribution in [2.75, 3.05) is 31.3 Å². The predicted molar refractivity (Wildman–Crippen MR) is 115 cm³/mol. The summed E-state index contributed by atoms with van der Waals surface area (Å²) in [7, 11) is 0. The van der Waals surface area contributed by atoms with Gasteiger partial charge in [-0.3, -0.25) is 4.79 Å². The van der Waals surface area contributed by atoms with Crippen LogP contribution in [0.3, 0.4) is 0 Å². The second-order valence-electron chi connectivity index (χ2n) is 7.83. The van der Waals surface area contributed by atoms with E-state index < -0.39 is 5.79 Å². The fourth-order valence-corrected chi connectivity index (χ4v) is 4.33. The topological polar surface area (TPSA) is 48.0 Å².